The number of amides is 1. The largest absolute Gasteiger partial charge is 0.387 e. The van der Waals surface area contributed by atoms with Gasteiger partial charge in [0.1, 0.15) is 0 Å². The number of carbonyl (C=O) groups is 1. The zero-order chi connectivity index (χ0) is 17.7. The molecular weight excluding hydrogens is 336 g/mol. The van der Waals surface area contributed by atoms with E-state index < -0.39 is 6.10 Å². The molecule has 2 atom stereocenters. The molecule has 3 rings (SSSR count). The smallest absolute Gasteiger partial charge is 0.223 e. The number of ether oxygens (including phenoxy) is 1. The lowest BCUT2D eigenvalue weighted by Gasteiger charge is -2.41. The molecule has 0 spiro atoms. The van der Waals surface area contributed by atoms with Crippen LogP contribution in [0.2, 0.25) is 0 Å². The summed E-state index contributed by atoms with van der Waals surface area (Å²) < 4.78 is 5.60. The van der Waals surface area contributed by atoms with Crippen LogP contribution in [0.25, 0.3) is 0 Å². The number of aliphatic hydroxyl groups excluding tert-OH is 1. The molecule has 1 aromatic heterocycles. The number of thiophene rings is 1. The summed E-state index contributed by atoms with van der Waals surface area (Å²) in [6.07, 6.45) is 6.24. The molecule has 6 heteroatoms. The average Bonchev–Trinajstić information content (AvgIpc) is 3.18. The van der Waals surface area contributed by atoms with Crippen molar-refractivity contribution in [1.82, 2.24) is 4.90 Å². The highest BCUT2D eigenvalue weighted by Crippen LogP contribution is 2.39. The maximum atomic E-state index is 13.0. The lowest BCUT2D eigenvalue weighted by atomic mass is 9.71. The quantitative estimate of drug-likeness (QED) is 0.812. The van der Waals surface area contributed by atoms with Gasteiger partial charge in [-0.2, -0.15) is 0 Å². The first-order chi connectivity index (χ1) is 12.1. The second kappa shape index (κ2) is 8.62. The Morgan fingerprint density at radius 2 is 2.24 bits per heavy atom. The van der Waals surface area contributed by atoms with E-state index in [0.29, 0.717) is 39.1 Å². The van der Waals surface area contributed by atoms with Crippen LogP contribution in [0, 0.1) is 5.41 Å². The Balaban J connectivity index is 1.64. The number of rotatable bonds is 6. The zero-order valence-corrected chi connectivity index (χ0v) is 15.7. The maximum absolute atomic E-state index is 13.0. The Morgan fingerprint density at radius 1 is 1.44 bits per heavy atom. The predicted molar refractivity (Wildman–Crippen MR) is 99.4 cm³/mol. The Kier molecular flexibility index (Phi) is 6.49. The van der Waals surface area contributed by atoms with Gasteiger partial charge in [-0.1, -0.05) is 25.3 Å². The van der Waals surface area contributed by atoms with Crippen LogP contribution in [0.3, 0.4) is 0 Å². The molecule has 5 nitrogen and oxygen atoms in total. The fourth-order valence-electron chi connectivity index (χ4n) is 4.21. The minimum atomic E-state index is -0.542. The molecule has 3 N–H and O–H groups in total. The second-order valence-electron chi connectivity index (χ2n) is 7.52. The number of morpholine rings is 1. The number of carbonyl (C=O) groups excluding carboxylic acids is 1. The lowest BCUT2D eigenvalue weighted by Crippen LogP contribution is -2.51. The fraction of sp³-hybridized carbons (Fsp3) is 0.737. The molecule has 1 aromatic rings. The average molecular weight is 367 g/mol. The van der Waals surface area contributed by atoms with Crippen LogP contribution >= 0.6 is 11.3 Å². The third kappa shape index (κ3) is 4.61. The highest BCUT2D eigenvalue weighted by molar-refractivity contribution is 7.10. The van der Waals surface area contributed by atoms with Crippen LogP contribution in [0.15, 0.2) is 17.5 Å². The highest BCUT2D eigenvalue weighted by atomic mass is 32.1. The molecule has 2 unspecified atom stereocenters. The molecule has 25 heavy (non-hydrogen) atoms. The molecule has 1 saturated heterocycles. The van der Waals surface area contributed by atoms with Gasteiger partial charge in [0.2, 0.25) is 5.91 Å². The van der Waals surface area contributed by atoms with E-state index in [2.05, 4.69) is 0 Å². The van der Waals surface area contributed by atoms with Crippen LogP contribution in [0.1, 0.15) is 55.9 Å². The minimum absolute atomic E-state index is 0.0233. The van der Waals surface area contributed by atoms with Crippen molar-refractivity contribution in [2.45, 2.75) is 57.1 Å². The van der Waals surface area contributed by atoms with Crippen molar-refractivity contribution in [2.24, 2.45) is 11.1 Å². The van der Waals surface area contributed by atoms with Crippen molar-refractivity contribution < 1.29 is 14.6 Å². The van der Waals surface area contributed by atoms with E-state index in [1.807, 2.05) is 22.4 Å². The Morgan fingerprint density at radius 3 is 2.92 bits per heavy atom. The number of nitrogens with zero attached hydrogens (tertiary/aromatic N) is 1. The molecule has 2 heterocycles. The van der Waals surface area contributed by atoms with Crippen molar-refractivity contribution >= 4 is 17.2 Å². The van der Waals surface area contributed by atoms with E-state index in [4.69, 9.17) is 10.5 Å². The molecule has 140 valence electrons. The topological polar surface area (TPSA) is 75.8 Å². The highest BCUT2D eigenvalue weighted by Gasteiger charge is 2.37. The van der Waals surface area contributed by atoms with Gasteiger partial charge in [0.25, 0.3) is 0 Å². The first-order valence-electron chi connectivity index (χ1n) is 9.42. The minimum Gasteiger partial charge on any atom is -0.387 e. The fourth-order valence-corrected chi connectivity index (χ4v) is 4.94. The molecule has 2 aliphatic rings. The first kappa shape index (κ1) is 18.8. The normalized spacial score (nSPS) is 24.9. The Hall–Kier alpha value is -0.950. The number of hydrogen-bond acceptors (Lipinski definition) is 5. The molecular formula is C19H30N2O3S. The predicted octanol–water partition coefficient (Wildman–Crippen LogP) is 2.70. The summed E-state index contributed by atoms with van der Waals surface area (Å²) in [5.74, 6) is 0.180. The second-order valence-corrected chi connectivity index (χ2v) is 8.50. The van der Waals surface area contributed by atoms with Gasteiger partial charge in [-0.15, -0.1) is 11.3 Å². The van der Waals surface area contributed by atoms with Gasteiger partial charge in [0.05, 0.1) is 25.4 Å². The lowest BCUT2D eigenvalue weighted by molar-refractivity contribution is -0.144. The van der Waals surface area contributed by atoms with Crippen LogP contribution < -0.4 is 5.73 Å². The molecule has 0 aromatic carbocycles. The molecule has 1 aliphatic carbocycles. The van der Waals surface area contributed by atoms with Crippen LogP contribution in [-0.4, -0.2) is 48.3 Å². The van der Waals surface area contributed by atoms with E-state index in [0.717, 1.165) is 17.7 Å². The summed E-state index contributed by atoms with van der Waals surface area (Å²) in [4.78, 5) is 15.9. The van der Waals surface area contributed by atoms with Crippen molar-refractivity contribution in [3.8, 4) is 0 Å². The van der Waals surface area contributed by atoms with Crippen molar-refractivity contribution in [1.29, 1.82) is 0 Å². The van der Waals surface area contributed by atoms with Gasteiger partial charge in [0, 0.05) is 24.3 Å². The summed E-state index contributed by atoms with van der Waals surface area (Å²) in [5, 5.41) is 12.4. The standard InChI is InChI=1S/C19H30N2O3S/c20-14-19(6-2-1-3-7-19)12-18(23)21-8-9-24-13-15(21)11-16(22)17-5-4-10-25-17/h4-5,10,15-16,22H,1-3,6-9,11-14,20H2. The van der Waals surface area contributed by atoms with Gasteiger partial charge in [0.15, 0.2) is 0 Å². The summed E-state index contributed by atoms with van der Waals surface area (Å²) >= 11 is 1.55. The van der Waals surface area contributed by atoms with Gasteiger partial charge < -0.3 is 20.5 Å². The zero-order valence-electron chi connectivity index (χ0n) is 14.9. The third-order valence-electron chi connectivity index (χ3n) is 5.79. The molecule has 0 radical (unpaired) electrons. The van der Waals surface area contributed by atoms with Crippen LogP contribution in [0.5, 0.6) is 0 Å². The summed E-state index contributed by atoms with van der Waals surface area (Å²) in [6, 6.07) is 3.82. The Labute approximate surface area is 154 Å². The molecule has 0 bridgehead atoms. The van der Waals surface area contributed by atoms with E-state index in [9.17, 15) is 9.90 Å². The third-order valence-corrected chi connectivity index (χ3v) is 6.76. The summed E-state index contributed by atoms with van der Waals surface area (Å²) in [5.41, 5.74) is 6.04. The summed E-state index contributed by atoms with van der Waals surface area (Å²) in [7, 11) is 0. The molecule has 1 aliphatic heterocycles. The van der Waals surface area contributed by atoms with Crippen LogP contribution in [-0.2, 0) is 9.53 Å². The van der Waals surface area contributed by atoms with E-state index in [1.54, 1.807) is 11.3 Å². The molecule has 1 saturated carbocycles. The van der Waals surface area contributed by atoms with E-state index in [1.165, 1.54) is 19.3 Å². The molecule has 2 fully saturated rings. The van der Waals surface area contributed by atoms with E-state index in [-0.39, 0.29) is 17.4 Å². The number of aliphatic hydroxyl groups is 1. The van der Waals surface area contributed by atoms with Gasteiger partial charge in [-0.3, -0.25) is 4.79 Å². The van der Waals surface area contributed by atoms with Crippen molar-refractivity contribution in [2.75, 3.05) is 26.3 Å². The number of nitrogens with two attached hydrogens (primary N) is 1. The number of hydrogen-bond donors (Lipinski definition) is 2. The first-order valence-corrected chi connectivity index (χ1v) is 10.3. The maximum Gasteiger partial charge on any atom is 0.223 e. The summed E-state index contributed by atoms with van der Waals surface area (Å²) in [6.45, 7) is 2.28. The Bertz CT molecular complexity index is 543. The van der Waals surface area contributed by atoms with Gasteiger partial charge in [-0.05, 0) is 36.2 Å². The molecule has 1 amide bonds. The van der Waals surface area contributed by atoms with Crippen molar-refractivity contribution in [3.63, 3.8) is 0 Å². The SMILES string of the molecule is NCC1(CC(=O)N2CCOCC2CC(O)c2cccs2)CCCCC1. The monoisotopic (exact) mass is 366 g/mol. The van der Waals surface area contributed by atoms with Crippen molar-refractivity contribution in [3.05, 3.63) is 22.4 Å². The van der Waals surface area contributed by atoms with Gasteiger partial charge >= 0.3 is 0 Å². The van der Waals surface area contributed by atoms with E-state index >= 15 is 0 Å². The van der Waals surface area contributed by atoms with Crippen LogP contribution in [0.4, 0.5) is 0 Å². The van der Waals surface area contributed by atoms with Gasteiger partial charge in [-0.25, -0.2) is 0 Å².